The molecule has 0 atom stereocenters. The van der Waals surface area contributed by atoms with Crippen LogP contribution in [-0.4, -0.2) is 92.7 Å². The fraction of sp³-hybridized carbons (Fsp3) is 0.375. The predicted molar refractivity (Wildman–Crippen MR) is 603 cm³/mol. The first kappa shape index (κ1) is 96.5. The number of hydrogen-bond acceptors (Lipinski definition) is 14. The molecule has 2 aliphatic rings. The number of nitrogens with one attached hydrogen (secondary N) is 2. The van der Waals surface area contributed by atoms with E-state index in [1.165, 1.54) is 0 Å². The highest BCUT2D eigenvalue weighted by atomic mass is 16.5. The van der Waals surface area contributed by atoms with E-state index < -0.39 is 0 Å². The Hall–Kier alpha value is -13.6. The molecule has 0 amide bonds. The van der Waals surface area contributed by atoms with Gasteiger partial charge in [0, 0.05) is 43.8 Å². The molecular formula is C128H138N8O8. The molecule has 21 rings (SSSR count). The van der Waals surface area contributed by atoms with Crippen molar-refractivity contribution in [2.24, 2.45) is 0 Å². The maximum Gasteiger partial charge on any atom is 0.164 e. The summed E-state index contributed by atoms with van der Waals surface area (Å²) in [6, 6.07) is 71.8. The van der Waals surface area contributed by atoms with Crippen LogP contribution in [0.15, 0.2) is 194 Å². The second-order valence-corrected chi connectivity index (χ2v) is 40.3. The molecule has 2 N–H and O–H groups in total. The molecule has 0 saturated carbocycles. The second-order valence-electron chi connectivity index (χ2n) is 40.3. The SMILES string of the molecule is CCCCCCOc1ccc2c3ccc(OCCCCCC)cc3c3cc4c(cc3c2c1)-c1nc-4nc2[nH]c(nc3nc(nc4[nH]c(n1)c1cc5c6cc(OCCCCCC)ccc6c6ccc(OCCCCCC)cc6c5cc41)-c1cc4c5cc(OCCCCCC)ccc5c5ccc(OCCCCCC)cc5c4cc1-3)c1cc3c4cc(OCCCCCC)ccc4c4ccc(OCCCCCC)cc4c3cc21. The molecule has 19 aromatic rings. The maximum absolute atomic E-state index is 6.78. The summed E-state index contributed by atoms with van der Waals surface area (Å²) in [5.41, 5.74) is 5.50. The van der Waals surface area contributed by atoms with Gasteiger partial charge in [0.05, 0.1) is 52.9 Å². The van der Waals surface area contributed by atoms with E-state index >= 15 is 0 Å². The monoisotopic (exact) mass is 1920 g/mol. The normalized spacial score (nSPS) is 12.2. The van der Waals surface area contributed by atoms with E-state index in [-0.39, 0.29) is 0 Å². The van der Waals surface area contributed by atoms with Crippen LogP contribution in [0.1, 0.15) is 261 Å². The fourth-order valence-electron chi connectivity index (χ4n) is 22.1. The Labute approximate surface area is 845 Å². The second kappa shape index (κ2) is 44.7. The third-order valence-electron chi connectivity index (χ3n) is 29.9. The molecule has 8 bridgehead atoms. The van der Waals surface area contributed by atoms with Gasteiger partial charge in [-0.25, -0.2) is 29.9 Å². The van der Waals surface area contributed by atoms with Gasteiger partial charge in [-0.1, -0.05) is 258 Å². The summed E-state index contributed by atoms with van der Waals surface area (Å²) in [6.45, 7) is 23.0. The van der Waals surface area contributed by atoms with E-state index in [0.717, 1.165) is 425 Å². The number of unbranched alkanes of at least 4 members (excludes halogenated alkanes) is 24. The average Bonchev–Trinajstić information content (AvgIpc) is 1.54. The molecule has 2 aliphatic heterocycles. The third-order valence-corrected chi connectivity index (χ3v) is 29.9. The number of rotatable bonds is 48. The molecule has 3 aromatic heterocycles. The Balaban J connectivity index is 0.895. The Morgan fingerprint density at radius 2 is 0.292 bits per heavy atom. The minimum absolute atomic E-state index is 0.476. The van der Waals surface area contributed by atoms with E-state index in [1.54, 1.807) is 0 Å². The lowest BCUT2D eigenvalue weighted by Crippen LogP contribution is -1.98. The summed E-state index contributed by atoms with van der Waals surface area (Å²) in [6.07, 6.45) is 35.1. The van der Waals surface area contributed by atoms with Crippen LogP contribution < -0.4 is 37.9 Å². The van der Waals surface area contributed by atoms with E-state index in [4.69, 9.17) is 67.8 Å². The molecular weight excluding hydrogens is 1780 g/mol. The Morgan fingerprint density at radius 3 is 0.444 bits per heavy atom. The highest BCUT2D eigenvalue weighted by molar-refractivity contribution is 6.33. The van der Waals surface area contributed by atoms with Gasteiger partial charge < -0.3 is 47.9 Å². The molecule has 16 nitrogen and oxygen atoms in total. The topological polar surface area (TPSA) is 183 Å². The molecule has 144 heavy (non-hydrogen) atoms. The van der Waals surface area contributed by atoms with E-state index in [2.05, 4.69) is 259 Å². The summed E-state index contributed by atoms with van der Waals surface area (Å²) >= 11 is 0. The molecule has 0 fully saturated rings. The number of benzene rings is 16. The van der Waals surface area contributed by atoms with Gasteiger partial charge in [-0.3, -0.25) is 0 Å². The Bertz CT molecular complexity index is 7260. The van der Waals surface area contributed by atoms with E-state index in [0.29, 0.717) is 98.7 Å². The number of aromatic amines is 2. The zero-order chi connectivity index (χ0) is 97.9. The highest BCUT2D eigenvalue weighted by Crippen LogP contribution is 2.51. The molecule has 16 aromatic carbocycles. The molecule has 0 radical (unpaired) electrons. The molecule has 16 heteroatoms. The van der Waals surface area contributed by atoms with Gasteiger partial charge in [-0.2, -0.15) is 0 Å². The lowest BCUT2D eigenvalue weighted by molar-refractivity contribution is 0.305. The zero-order valence-electron chi connectivity index (χ0n) is 85.7. The standard InChI is InChI=1S/C128H138N8O8/c1-9-17-25-33-57-137-81-41-49-89-90-50-42-82(138-58-34-26-18-10-2)66-98(90)106-74-114-113(73-105(106)97(89)65-81)121-129-122(114)134-124-117-77-109-101-69-85(141-61-37-29-21-13-5)45-53-93(101)94-54-46-86(142-62-38-30-22-14-6)70-102(94)110(109)78-118(117)126(131-124)136-128-120-80-112-104-72-88(144-64-40-32-24-16-8)48-56-96(104)95-55-47-87(143-63-39-31-23-15-7)71-103(95)111(112)79-119(120)127(132-128)135-125-116-76-108-100-68-84(140-60-36-28-20-12-4)44-52-92(100)91-51-43-83(139-59-35-27-19-11-3)67-99(91)107(108)75-115(116)123(130-125)133-121/h41-56,65-80H,9-40,57-64H2,1-8H3,(H2,129,130,131,132,133,134,135,136). The van der Waals surface area contributed by atoms with E-state index in [9.17, 15) is 0 Å². The van der Waals surface area contributed by atoms with Crippen molar-refractivity contribution in [2.75, 3.05) is 52.9 Å². The summed E-state index contributed by atoms with van der Waals surface area (Å²) in [4.78, 5) is 44.1. The summed E-state index contributed by atoms with van der Waals surface area (Å²) in [7, 11) is 0. The Kier molecular flexibility index (Phi) is 30.0. The van der Waals surface area contributed by atoms with Crippen LogP contribution in [0.2, 0.25) is 0 Å². The van der Waals surface area contributed by atoms with Crippen molar-refractivity contribution in [1.82, 2.24) is 39.9 Å². The minimum atomic E-state index is 0.476. The average molecular weight is 1920 g/mol. The first-order valence-corrected chi connectivity index (χ1v) is 54.8. The zero-order valence-corrected chi connectivity index (χ0v) is 85.7. The van der Waals surface area contributed by atoms with Crippen molar-refractivity contribution in [2.45, 2.75) is 261 Å². The molecule has 0 unspecified atom stereocenters. The van der Waals surface area contributed by atoms with E-state index in [1.807, 2.05) is 0 Å². The molecule has 0 aliphatic carbocycles. The third kappa shape index (κ3) is 20.0. The molecule has 738 valence electrons. The van der Waals surface area contributed by atoms with Crippen LogP contribution in [0, 0.1) is 0 Å². The number of H-pyrrole nitrogens is 2. The molecule has 5 heterocycles. The van der Waals surface area contributed by atoms with Crippen LogP contribution in [0.3, 0.4) is 0 Å². The van der Waals surface area contributed by atoms with Gasteiger partial charge in [0.2, 0.25) is 0 Å². The maximum atomic E-state index is 6.78. The molecule has 0 saturated heterocycles. The first-order chi connectivity index (χ1) is 71.1. The predicted octanol–water partition coefficient (Wildman–Crippen LogP) is 36.4. The minimum Gasteiger partial charge on any atom is -0.494 e. The van der Waals surface area contributed by atoms with Gasteiger partial charge in [-0.05, 0) is 326 Å². The van der Waals surface area contributed by atoms with Crippen LogP contribution in [-0.2, 0) is 0 Å². The number of ether oxygens (including phenoxy) is 8. The van der Waals surface area contributed by atoms with Crippen LogP contribution >= 0.6 is 0 Å². The summed E-state index contributed by atoms with van der Waals surface area (Å²) < 4.78 is 54.2. The smallest absolute Gasteiger partial charge is 0.164 e. The summed E-state index contributed by atoms with van der Waals surface area (Å²) in [5, 5.41) is 28.8. The number of hydrogen-bond donors (Lipinski definition) is 2. The lowest BCUT2D eigenvalue weighted by atomic mass is 9.91. The van der Waals surface area contributed by atoms with Gasteiger partial charge in [0.15, 0.2) is 23.3 Å². The first-order valence-electron chi connectivity index (χ1n) is 54.8. The number of nitrogens with zero attached hydrogens (tertiary/aromatic N) is 6. The quantitative estimate of drug-likeness (QED) is 0.0271. The lowest BCUT2D eigenvalue weighted by Gasteiger charge is -2.15. The van der Waals surface area contributed by atoms with Gasteiger partial charge in [0.1, 0.15) is 68.6 Å². The van der Waals surface area contributed by atoms with Gasteiger partial charge in [0.25, 0.3) is 0 Å². The highest BCUT2D eigenvalue weighted by Gasteiger charge is 2.29. The van der Waals surface area contributed by atoms with Crippen molar-refractivity contribution < 1.29 is 37.9 Å². The Morgan fingerprint density at radius 1 is 0.146 bits per heavy atom. The van der Waals surface area contributed by atoms with Crippen molar-refractivity contribution in [3.63, 3.8) is 0 Å². The summed E-state index contributed by atoms with van der Waals surface area (Å²) in [5.74, 6) is 8.49. The van der Waals surface area contributed by atoms with Crippen LogP contribution in [0.5, 0.6) is 46.0 Å². The van der Waals surface area contributed by atoms with Crippen molar-refractivity contribution in [3.05, 3.63) is 194 Å². The fourth-order valence-corrected chi connectivity index (χ4v) is 22.1. The van der Waals surface area contributed by atoms with Crippen molar-refractivity contribution >= 4 is 173 Å². The largest absolute Gasteiger partial charge is 0.494 e. The van der Waals surface area contributed by atoms with Crippen LogP contribution in [0.4, 0.5) is 0 Å². The number of aromatic nitrogens is 8. The van der Waals surface area contributed by atoms with Gasteiger partial charge in [-0.15, -0.1) is 0 Å². The van der Waals surface area contributed by atoms with Crippen LogP contribution in [0.25, 0.3) is 219 Å². The number of fused-ring (bicyclic) bond motifs is 44. The van der Waals surface area contributed by atoms with Gasteiger partial charge >= 0.3 is 0 Å². The van der Waals surface area contributed by atoms with Crippen molar-refractivity contribution in [1.29, 1.82) is 0 Å². The molecule has 0 spiro atoms. The van der Waals surface area contributed by atoms with Crippen molar-refractivity contribution in [3.8, 4) is 91.5 Å².